The predicted octanol–water partition coefficient (Wildman–Crippen LogP) is 1.80. The molecule has 0 aliphatic rings. The molecule has 0 saturated carbocycles. The Morgan fingerprint density at radius 3 is 2.60 bits per heavy atom. The number of aromatic nitrogens is 5. The summed E-state index contributed by atoms with van der Waals surface area (Å²) in [6.45, 7) is 5.26. The molecule has 3 heterocycles. The molecule has 3 N–H and O–H groups in total. The minimum atomic E-state index is -0.187. The molecule has 0 radical (unpaired) electrons. The van der Waals surface area contributed by atoms with Crippen LogP contribution in [0.4, 0.5) is 0 Å². The van der Waals surface area contributed by atoms with E-state index in [1.807, 2.05) is 0 Å². The second-order valence-electron chi connectivity index (χ2n) is 6.57. The lowest BCUT2D eigenvalue weighted by Crippen LogP contribution is -2.15. The zero-order valence-corrected chi connectivity index (χ0v) is 15.1. The maximum Gasteiger partial charge on any atom is 0.273 e. The van der Waals surface area contributed by atoms with Gasteiger partial charge in [-0.05, 0) is 45.5 Å². The van der Waals surface area contributed by atoms with Crippen LogP contribution in [0, 0.1) is 13.8 Å². The average molecular weight is 340 g/mol. The molecule has 0 atom stereocenters. The SMILES string of the molecule is Cc1[nH]c(Cc2nccnc2-c2c[nH][nH]c2=O)c(C)c1CCN(C)C. The van der Waals surface area contributed by atoms with E-state index in [0.717, 1.165) is 24.4 Å². The van der Waals surface area contributed by atoms with Crippen LogP contribution >= 0.6 is 0 Å². The Balaban J connectivity index is 1.93. The van der Waals surface area contributed by atoms with Gasteiger partial charge < -0.3 is 15.0 Å². The third kappa shape index (κ3) is 3.56. The highest BCUT2D eigenvalue weighted by molar-refractivity contribution is 5.60. The van der Waals surface area contributed by atoms with Crippen LogP contribution in [-0.2, 0) is 12.8 Å². The largest absolute Gasteiger partial charge is 0.362 e. The second kappa shape index (κ2) is 7.06. The fourth-order valence-electron chi connectivity index (χ4n) is 3.12. The number of likely N-dealkylation sites (N-methyl/N-ethyl adjacent to an activating group) is 1. The summed E-state index contributed by atoms with van der Waals surface area (Å²) in [4.78, 5) is 26.5. The van der Waals surface area contributed by atoms with Gasteiger partial charge in [0.25, 0.3) is 5.56 Å². The standard InChI is InChI=1S/C18H24N6O/c1-11-13(5-8-24(3)4)12(2)22-15(11)9-16-17(20-7-6-19-16)14-10-21-23-18(14)25/h6-7,10,22H,5,8-9H2,1-4H3,(H2,21,23,25). The Hall–Kier alpha value is -2.67. The third-order valence-electron chi connectivity index (χ3n) is 4.53. The second-order valence-corrected chi connectivity index (χ2v) is 6.57. The lowest BCUT2D eigenvalue weighted by atomic mass is 10.0. The van der Waals surface area contributed by atoms with Crippen molar-refractivity contribution in [3.63, 3.8) is 0 Å². The minimum Gasteiger partial charge on any atom is -0.362 e. The van der Waals surface area contributed by atoms with Crippen molar-refractivity contribution in [2.45, 2.75) is 26.7 Å². The van der Waals surface area contributed by atoms with Crippen LogP contribution in [0.25, 0.3) is 11.3 Å². The van der Waals surface area contributed by atoms with Gasteiger partial charge in [0, 0.05) is 42.9 Å². The fourth-order valence-corrected chi connectivity index (χ4v) is 3.12. The molecule has 3 aromatic heterocycles. The van der Waals surface area contributed by atoms with E-state index >= 15 is 0 Å². The van der Waals surface area contributed by atoms with Crippen LogP contribution in [0.2, 0.25) is 0 Å². The molecule has 0 spiro atoms. The van der Waals surface area contributed by atoms with Crippen molar-refractivity contribution < 1.29 is 0 Å². The molecular formula is C18H24N6O. The van der Waals surface area contributed by atoms with Crippen molar-refractivity contribution in [2.75, 3.05) is 20.6 Å². The molecule has 7 nitrogen and oxygen atoms in total. The van der Waals surface area contributed by atoms with Gasteiger partial charge in [-0.2, -0.15) is 0 Å². The number of rotatable bonds is 6. The topological polar surface area (TPSA) is 93.5 Å². The van der Waals surface area contributed by atoms with Crippen molar-refractivity contribution in [2.24, 2.45) is 0 Å². The summed E-state index contributed by atoms with van der Waals surface area (Å²) < 4.78 is 0. The lowest BCUT2D eigenvalue weighted by Gasteiger charge is -2.10. The van der Waals surface area contributed by atoms with E-state index in [1.54, 1.807) is 18.6 Å². The zero-order valence-electron chi connectivity index (χ0n) is 15.1. The van der Waals surface area contributed by atoms with Gasteiger partial charge in [-0.15, -0.1) is 0 Å². The number of H-pyrrole nitrogens is 3. The Morgan fingerprint density at radius 1 is 1.16 bits per heavy atom. The van der Waals surface area contributed by atoms with Gasteiger partial charge in [-0.3, -0.25) is 19.9 Å². The number of nitrogens with zero attached hydrogens (tertiary/aromatic N) is 3. The molecule has 3 rings (SSSR count). The molecule has 0 bridgehead atoms. The fraction of sp³-hybridized carbons (Fsp3) is 0.389. The smallest absolute Gasteiger partial charge is 0.273 e. The first-order chi connectivity index (χ1) is 12.0. The summed E-state index contributed by atoms with van der Waals surface area (Å²) in [5.41, 5.74) is 6.67. The Bertz CT molecular complexity index is 918. The van der Waals surface area contributed by atoms with E-state index in [-0.39, 0.29) is 5.56 Å². The molecule has 0 aromatic carbocycles. The molecule has 0 aliphatic carbocycles. The van der Waals surface area contributed by atoms with Gasteiger partial charge in [-0.25, -0.2) is 0 Å². The first kappa shape index (κ1) is 17.2. The van der Waals surface area contributed by atoms with Gasteiger partial charge in [0.1, 0.15) is 0 Å². The van der Waals surface area contributed by atoms with Crippen LogP contribution < -0.4 is 5.56 Å². The van der Waals surface area contributed by atoms with Crippen LogP contribution in [0.15, 0.2) is 23.4 Å². The van der Waals surface area contributed by atoms with Crippen LogP contribution in [0.5, 0.6) is 0 Å². The highest BCUT2D eigenvalue weighted by Crippen LogP contribution is 2.23. The highest BCUT2D eigenvalue weighted by atomic mass is 16.1. The zero-order chi connectivity index (χ0) is 18.0. The summed E-state index contributed by atoms with van der Waals surface area (Å²) in [5.74, 6) is 0. The number of hydrogen-bond donors (Lipinski definition) is 3. The van der Waals surface area contributed by atoms with E-state index in [4.69, 9.17) is 0 Å². The molecule has 3 aromatic rings. The van der Waals surface area contributed by atoms with Crippen molar-refractivity contribution in [1.29, 1.82) is 0 Å². The lowest BCUT2D eigenvalue weighted by molar-refractivity contribution is 0.413. The van der Waals surface area contributed by atoms with Gasteiger partial charge in [0.05, 0.1) is 17.0 Å². The van der Waals surface area contributed by atoms with Crippen molar-refractivity contribution in [3.05, 3.63) is 57.2 Å². The van der Waals surface area contributed by atoms with Gasteiger partial charge in [0.15, 0.2) is 0 Å². The molecule has 25 heavy (non-hydrogen) atoms. The van der Waals surface area contributed by atoms with Crippen molar-refractivity contribution in [3.8, 4) is 11.3 Å². The number of hydrogen-bond acceptors (Lipinski definition) is 4. The molecule has 132 valence electrons. The van der Waals surface area contributed by atoms with Crippen LogP contribution in [-0.4, -0.2) is 50.7 Å². The summed E-state index contributed by atoms with van der Waals surface area (Å²) in [6.07, 6.45) is 6.53. The third-order valence-corrected chi connectivity index (χ3v) is 4.53. The maximum atomic E-state index is 11.9. The van der Waals surface area contributed by atoms with E-state index in [0.29, 0.717) is 17.7 Å². The Morgan fingerprint density at radius 2 is 1.92 bits per heavy atom. The molecule has 0 amide bonds. The van der Waals surface area contributed by atoms with Gasteiger partial charge >= 0.3 is 0 Å². The summed E-state index contributed by atoms with van der Waals surface area (Å²) >= 11 is 0. The highest BCUT2D eigenvalue weighted by Gasteiger charge is 2.17. The van der Waals surface area contributed by atoms with E-state index in [1.165, 1.54) is 16.8 Å². The quantitative estimate of drug-likeness (QED) is 0.638. The maximum absolute atomic E-state index is 11.9. The summed E-state index contributed by atoms with van der Waals surface area (Å²) in [6, 6.07) is 0. The van der Waals surface area contributed by atoms with Crippen molar-refractivity contribution >= 4 is 0 Å². The monoisotopic (exact) mass is 340 g/mol. The van der Waals surface area contributed by atoms with E-state index in [9.17, 15) is 4.79 Å². The summed E-state index contributed by atoms with van der Waals surface area (Å²) in [7, 11) is 4.16. The molecule has 0 unspecified atom stereocenters. The first-order valence-corrected chi connectivity index (χ1v) is 8.35. The molecule has 0 saturated heterocycles. The van der Waals surface area contributed by atoms with Crippen LogP contribution in [0.3, 0.4) is 0 Å². The number of aryl methyl sites for hydroxylation is 1. The molecular weight excluding hydrogens is 316 g/mol. The average Bonchev–Trinajstić information content (AvgIpc) is 3.10. The first-order valence-electron chi connectivity index (χ1n) is 8.35. The Kier molecular flexibility index (Phi) is 4.85. The minimum absolute atomic E-state index is 0.187. The van der Waals surface area contributed by atoms with Crippen molar-refractivity contribution in [1.82, 2.24) is 30.0 Å². The molecule has 7 heteroatoms. The molecule has 0 fully saturated rings. The van der Waals surface area contributed by atoms with Crippen LogP contribution in [0.1, 0.15) is 28.2 Å². The number of aromatic amines is 3. The van der Waals surface area contributed by atoms with E-state index in [2.05, 4.69) is 58.0 Å². The van der Waals surface area contributed by atoms with Gasteiger partial charge in [-0.1, -0.05) is 0 Å². The summed E-state index contributed by atoms with van der Waals surface area (Å²) in [5, 5.41) is 5.27. The molecule has 0 aliphatic heterocycles. The van der Waals surface area contributed by atoms with Gasteiger partial charge in [0.2, 0.25) is 0 Å². The predicted molar refractivity (Wildman–Crippen MR) is 97.8 cm³/mol. The normalized spacial score (nSPS) is 11.4. The Labute approximate surface area is 146 Å². The van der Waals surface area contributed by atoms with E-state index < -0.39 is 0 Å². The number of nitrogens with one attached hydrogen (secondary N) is 3.